The summed E-state index contributed by atoms with van der Waals surface area (Å²) in [5, 5.41) is 13.3. The minimum Gasteiger partial charge on any atom is -0.438 e. The summed E-state index contributed by atoms with van der Waals surface area (Å²) in [6, 6.07) is 18.3. The molecule has 168 valence electrons. The number of hydrogen-bond donors (Lipinski definition) is 1. The monoisotopic (exact) mass is 490 g/mol. The van der Waals surface area contributed by atoms with Crippen LogP contribution in [-0.4, -0.2) is 15.3 Å². The van der Waals surface area contributed by atoms with Crippen LogP contribution in [0.1, 0.15) is 11.1 Å². The molecule has 2 heterocycles. The number of benzene rings is 2. The first-order chi connectivity index (χ1) is 16.4. The van der Waals surface area contributed by atoms with Crippen molar-refractivity contribution in [1.29, 1.82) is 5.26 Å². The average Bonchev–Trinajstić information content (AvgIpc) is 2.83. The molecule has 0 saturated heterocycles. The van der Waals surface area contributed by atoms with Crippen LogP contribution in [0.3, 0.4) is 0 Å². The molecule has 0 atom stereocenters. The van der Waals surface area contributed by atoms with Gasteiger partial charge < -0.3 is 10.1 Å². The molecule has 2 aromatic heterocycles. The zero-order chi connectivity index (χ0) is 24.2. The van der Waals surface area contributed by atoms with E-state index in [0.717, 1.165) is 11.6 Å². The molecule has 4 aromatic rings. The number of carbonyl (C=O) groups is 1. The molecule has 4 rings (SSSR count). The second kappa shape index (κ2) is 9.79. The second-order valence-corrected chi connectivity index (χ2v) is 8.05. The van der Waals surface area contributed by atoms with E-state index in [2.05, 4.69) is 10.3 Å². The normalized spacial score (nSPS) is 11.2. The predicted octanol–water partition coefficient (Wildman–Crippen LogP) is 5.65. The van der Waals surface area contributed by atoms with E-state index in [0.29, 0.717) is 27.1 Å². The van der Waals surface area contributed by atoms with Crippen LogP contribution in [0.5, 0.6) is 11.6 Å². The van der Waals surface area contributed by atoms with Gasteiger partial charge in [0, 0.05) is 21.9 Å². The summed E-state index contributed by atoms with van der Waals surface area (Å²) in [4.78, 5) is 30.4. The molecule has 0 radical (unpaired) electrons. The first kappa shape index (κ1) is 23.1. The molecule has 1 N–H and O–H groups in total. The van der Waals surface area contributed by atoms with Crippen LogP contribution in [0.4, 0.5) is 5.69 Å². The highest BCUT2D eigenvalue weighted by Crippen LogP contribution is 2.27. The van der Waals surface area contributed by atoms with Crippen molar-refractivity contribution in [3.63, 3.8) is 0 Å². The number of nitriles is 1. The lowest BCUT2D eigenvalue weighted by molar-refractivity contribution is -0.112. The van der Waals surface area contributed by atoms with Crippen LogP contribution in [0, 0.1) is 18.3 Å². The zero-order valence-corrected chi connectivity index (χ0v) is 19.3. The van der Waals surface area contributed by atoms with Gasteiger partial charge in [-0.3, -0.25) is 14.0 Å². The summed E-state index contributed by atoms with van der Waals surface area (Å²) in [6.07, 6.45) is 2.70. The Kier molecular flexibility index (Phi) is 6.64. The van der Waals surface area contributed by atoms with Crippen molar-refractivity contribution in [3.8, 4) is 17.7 Å². The molecule has 7 nitrogen and oxygen atoms in total. The number of nitrogens with one attached hydrogen (secondary N) is 1. The van der Waals surface area contributed by atoms with Gasteiger partial charge in [-0.2, -0.15) is 10.2 Å². The van der Waals surface area contributed by atoms with Crippen molar-refractivity contribution in [2.24, 2.45) is 0 Å². The molecule has 0 spiro atoms. The molecule has 0 unspecified atom stereocenters. The molecule has 0 aliphatic carbocycles. The van der Waals surface area contributed by atoms with Gasteiger partial charge in [-0.1, -0.05) is 29.3 Å². The molecular formula is C25H16Cl2N4O3. The van der Waals surface area contributed by atoms with Crippen molar-refractivity contribution in [2.45, 2.75) is 6.92 Å². The SMILES string of the molecule is Cc1cc(Oc2nc3ccccn3c(=O)c2/C=C(/C#N)C(=O)Nc2ccc(Cl)cc2)ccc1Cl. The molecule has 9 heteroatoms. The molecular weight excluding hydrogens is 475 g/mol. The molecule has 2 aromatic carbocycles. The maximum atomic E-state index is 13.3. The number of halogens is 2. The number of nitrogens with zero attached hydrogens (tertiary/aromatic N) is 3. The molecule has 34 heavy (non-hydrogen) atoms. The quantitative estimate of drug-likeness (QED) is 0.288. The smallest absolute Gasteiger partial charge is 0.269 e. The molecule has 0 fully saturated rings. The van der Waals surface area contributed by atoms with E-state index in [1.54, 1.807) is 60.7 Å². The van der Waals surface area contributed by atoms with E-state index in [-0.39, 0.29) is 17.0 Å². The van der Waals surface area contributed by atoms with Crippen LogP contribution in [0.15, 0.2) is 77.2 Å². The van der Waals surface area contributed by atoms with Crippen LogP contribution in [0.2, 0.25) is 10.0 Å². The first-order valence-electron chi connectivity index (χ1n) is 10.00. The van der Waals surface area contributed by atoms with Crippen molar-refractivity contribution in [3.05, 3.63) is 104 Å². The lowest BCUT2D eigenvalue weighted by Crippen LogP contribution is -2.20. The van der Waals surface area contributed by atoms with E-state index < -0.39 is 11.5 Å². The summed E-state index contributed by atoms with van der Waals surface area (Å²) in [5.74, 6) is -0.353. The van der Waals surface area contributed by atoms with E-state index in [1.807, 2.05) is 13.0 Å². The van der Waals surface area contributed by atoms with Gasteiger partial charge >= 0.3 is 0 Å². The van der Waals surface area contributed by atoms with Gasteiger partial charge in [-0.15, -0.1) is 0 Å². The third-order valence-electron chi connectivity index (χ3n) is 4.83. The summed E-state index contributed by atoms with van der Waals surface area (Å²) in [6.45, 7) is 1.81. The summed E-state index contributed by atoms with van der Waals surface area (Å²) in [7, 11) is 0. The molecule has 1 amide bonds. The Balaban J connectivity index is 1.80. The minimum absolute atomic E-state index is 0.0510. The Morgan fingerprint density at radius 1 is 1.15 bits per heavy atom. The molecule has 0 aliphatic rings. The Labute approximate surface area is 204 Å². The number of pyridine rings is 1. The summed E-state index contributed by atoms with van der Waals surface area (Å²) in [5.41, 5.74) is 0.694. The maximum absolute atomic E-state index is 13.3. The van der Waals surface area contributed by atoms with E-state index in [4.69, 9.17) is 27.9 Å². The minimum atomic E-state index is -0.698. The fourth-order valence-electron chi connectivity index (χ4n) is 3.10. The van der Waals surface area contributed by atoms with Gasteiger partial charge in [-0.05, 0) is 73.2 Å². The summed E-state index contributed by atoms with van der Waals surface area (Å²) >= 11 is 12.0. The van der Waals surface area contributed by atoms with Crippen LogP contribution < -0.4 is 15.6 Å². The van der Waals surface area contributed by atoms with E-state index in [9.17, 15) is 14.9 Å². The second-order valence-electron chi connectivity index (χ2n) is 7.21. The summed E-state index contributed by atoms with van der Waals surface area (Å²) < 4.78 is 7.21. The Bertz CT molecular complexity index is 1540. The topological polar surface area (TPSA) is 96.5 Å². The number of aryl methyl sites for hydroxylation is 1. The van der Waals surface area contributed by atoms with Gasteiger partial charge in [-0.25, -0.2) is 0 Å². The fraction of sp³-hybridized carbons (Fsp3) is 0.0400. The number of rotatable bonds is 5. The van der Waals surface area contributed by atoms with Crippen LogP contribution in [0.25, 0.3) is 11.7 Å². The van der Waals surface area contributed by atoms with E-state index >= 15 is 0 Å². The van der Waals surface area contributed by atoms with Gasteiger partial charge in [0.15, 0.2) is 0 Å². The number of hydrogen-bond acceptors (Lipinski definition) is 5. The van der Waals surface area contributed by atoms with Crippen LogP contribution >= 0.6 is 23.2 Å². The van der Waals surface area contributed by atoms with Crippen molar-refractivity contribution in [2.75, 3.05) is 5.32 Å². The first-order valence-corrected chi connectivity index (χ1v) is 10.8. The van der Waals surface area contributed by atoms with Crippen molar-refractivity contribution >= 4 is 46.5 Å². The Morgan fingerprint density at radius 2 is 1.91 bits per heavy atom. The Morgan fingerprint density at radius 3 is 2.62 bits per heavy atom. The molecule has 0 saturated carbocycles. The number of anilines is 1. The third-order valence-corrected chi connectivity index (χ3v) is 5.51. The third kappa shape index (κ3) is 4.94. The van der Waals surface area contributed by atoms with Crippen molar-refractivity contribution < 1.29 is 9.53 Å². The average molecular weight is 491 g/mol. The number of aromatic nitrogens is 2. The molecule has 0 bridgehead atoms. The van der Waals surface area contributed by atoms with Gasteiger partial charge in [0.2, 0.25) is 5.88 Å². The predicted molar refractivity (Wildman–Crippen MR) is 131 cm³/mol. The van der Waals surface area contributed by atoms with Gasteiger partial charge in [0.05, 0.1) is 0 Å². The highest BCUT2D eigenvalue weighted by molar-refractivity contribution is 6.31. The highest BCUT2D eigenvalue weighted by atomic mass is 35.5. The number of amides is 1. The molecule has 0 aliphatic heterocycles. The highest BCUT2D eigenvalue weighted by Gasteiger charge is 2.18. The van der Waals surface area contributed by atoms with Crippen molar-refractivity contribution in [1.82, 2.24) is 9.38 Å². The van der Waals surface area contributed by atoms with Gasteiger partial charge in [0.25, 0.3) is 11.5 Å². The number of ether oxygens (including phenoxy) is 1. The van der Waals surface area contributed by atoms with Gasteiger partial charge in [0.1, 0.15) is 28.6 Å². The standard InChI is InChI=1S/C25H16Cl2N4O3/c1-15-12-19(9-10-21(15)27)34-24-20(25(33)31-11-3-2-4-22(31)30-24)13-16(14-28)23(32)29-18-7-5-17(26)6-8-18/h2-13H,1H3,(H,29,32)/b16-13-. The van der Waals surface area contributed by atoms with E-state index in [1.165, 1.54) is 10.6 Å². The number of carbonyl (C=O) groups excluding carboxylic acids is 1. The Hall–Kier alpha value is -4.12. The largest absolute Gasteiger partial charge is 0.438 e. The zero-order valence-electron chi connectivity index (χ0n) is 17.8. The number of fused-ring (bicyclic) bond motifs is 1. The lowest BCUT2D eigenvalue weighted by atomic mass is 10.1. The van der Waals surface area contributed by atoms with Crippen LogP contribution in [-0.2, 0) is 4.79 Å². The maximum Gasteiger partial charge on any atom is 0.269 e. The fourth-order valence-corrected chi connectivity index (χ4v) is 3.34. The lowest BCUT2D eigenvalue weighted by Gasteiger charge is -2.11.